The Morgan fingerprint density at radius 2 is 1.62 bits per heavy atom. The van der Waals surface area contributed by atoms with Crippen molar-refractivity contribution in [2.24, 2.45) is 20.5 Å². The number of benzene rings is 2. The molecule has 0 spiro atoms. The molecule has 0 unspecified atom stereocenters. The SMILES string of the molecule is C=CC(=O)OCCN(CC)c1ccc(N=Nc2nc3sc(N=Nc4ccc(C(=O)OCCC)cc4)cc3s2)cc1. The number of azo groups is 2. The largest absolute Gasteiger partial charge is 0.462 e. The van der Waals surface area contributed by atoms with E-state index in [9.17, 15) is 9.59 Å². The molecule has 0 saturated heterocycles. The lowest BCUT2D eigenvalue weighted by molar-refractivity contribution is -0.137. The lowest BCUT2D eigenvalue weighted by Gasteiger charge is -2.22. The number of likely N-dealkylation sites (N-methyl/N-ethyl adjacent to an activating group) is 1. The zero-order valence-electron chi connectivity index (χ0n) is 22.1. The first-order chi connectivity index (χ1) is 19.5. The predicted molar refractivity (Wildman–Crippen MR) is 158 cm³/mol. The molecule has 2 aromatic carbocycles. The topological polar surface area (TPSA) is 118 Å². The molecule has 0 aliphatic heterocycles. The van der Waals surface area contributed by atoms with Crippen LogP contribution in [0.15, 0.2) is 87.7 Å². The van der Waals surface area contributed by atoms with Gasteiger partial charge in [-0.15, -0.1) is 20.5 Å². The van der Waals surface area contributed by atoms with E-state index in [2.05, 4.69) is 36.9 Å². The highest BCUT2D eigenvalue weighted by Crippen LogP contribution is 2.39. The molecule has 0 amide bonds. The van der Waals surface area contributed by atoms with Gasteiger partial charge in [0.25, 0.3) is 0 Å². The summed E-state index contributed by atoms with van der Waals surface area (Å²) in [5, 5.41) is 18.4. The third-order valence-corrected chi connectivity index (χ3v) is 7.42. The Morgan fingerprint density at radius 1 is 0.925 bits per heavy atom. The van der Waals surface area contributed by atoms with Gasteiger partial charge in [0.15, 0.2) is 0 Å². The molecule has 4 rings (SSSR count). The van der Waals surface area contributed by atoms with Crippen molar-refractivity contribution in [3.05, 3.63) is 72.8 Å². The van der Waals surface area contributed by atoms with Gasteiger partial charge in [0.1, 0.15) is 16.4 Å². The van der Waals surface area contributed by atoms with Crippen LogP contribution in [0.3, 0.4) is 0 Å². The van der Waals surface area contributed by atoms with Crippen LogP contribution in [0.4, 0.5) is 27.2 Å². The normalized spacial score (nSPS) is 11.3. The summed E-state index contributed by atoms with van der Waals surface area (Å²) in [6.45, 7) is 9.42. The number of nitrogens with zero attached hydrogens (tertiary/aromatic N) is 6. The first-order valence-corrected chi connectivity index (χ1v) is 14.3. The lowest BCUT2D eigenvalue weighted by atomic mass is 10.2. The van der Waals surface area contributed by atoms with Crippen LogP contribution < -0.4 is 4.90 Å². The Labute approximate surface area is 239 Å². The van der Waals surface area contributed by atoms with Crippen LogP contribution in [0, 0.1) is 0 Å². The van der Waals surface area contributed by atoms with Crippen molar-refractivity contribution in [1.29, 1.82) is 0 Å². The number of rotatable bonds is 13. The van der Waals surface area contributed by atoms with Gasteiger partial charge in [0.2, 0.25) is 5.13 Å². The summed E-state index contributed by atoms with van der Waals surface area (Å²) in [7, 11) is 0. The molecule has 40 heavy (non-hydrogen) atoms. The Morgan fingerprint density at radius 3 is 2.27 bits per heavy atom. The number of anilines is 1. The third kappa shape index (κ3) is 7.87. The van der Waals surface area contributed by atoms with Crippen molar-refractivity contribution in [1.82, 2.24) is 4.98 Å². The molecule has 0 aliphatic rings. The van der Waals surface area contributed by atoms with E-state index in [0.29, 0.717) is 35.2 Å². The van der Waals surface area contributed by atoms with Gasteiger partial charge in [-0.1, -0.05) is 36.2 Å². The van der Waals surface area contributed by atoms with Crippen molar-refractivity contribution in [3.63, 3.8) is 0 Å². The molecule has 206 valence electrons. The van der Waals surface area contributed by atoms with Crippen LogP contribution in [-0.4, -0.2) is 43.2 Å². The number of thiophene rings is 1. The van der Waals surface area contributed by atoms with E-state index in [-0.39, 0.29) is 12.6 Å². The minimum atomic E-state index is -0.427. The standard InChI is InChI=1S/C28H28N6O4S2/c1-4-16-38-27(36)19-7-9-20(10-8-19)30-32-24-18-23-26(40-24)29-28(39-23)33-31-21-11-13-22(14-12-21)34(6-3)15-17-37-25(35)5-2/h5,7-14,18H,2,4,6,15-17H2,1,3H3. The van der Waals surface area contributed by atoms with E-state index in [4.69, 9.17) is 9.47 Å². The van der Waals surface area contributed by atoms with Gasteiger partial charge in [-0.05, 0) is 67.9 Å². The van der Waals surface area contributed by atoms with Gasteiger partial charge >= 0.3 is 11.9 Å². The number of esters is 2. The predicted octanol–water partition coefficient (Wildman–Crippen LogP) is 8.31. The first-order valence-electron chi connectivity index (χ1n) is 12.6. The average Bonchev–Trinajstić information content (AvgIpc) is 3.55. The van der Waals surface area contributed by atoms with Gasteiger partial charge in [-0.2, -0.15) is 0 Å². The summed E-state index contributed by atoms with van der Waals surface area (Å²) < 4.78 is 11.2. The van der Waals surface area contributed by atoms with Crippen molar-refractivity contribution < 1.29 is 19.1 Å². The molecule has 0 atom stereocenters. The van der Waals surface area contributed by atoms with Gasteiger partial charge < -0.3 is 14.4 Å². The van der Waals surface area contributed by atoms with Crippen LogP contribution in [0.25, 0.3) is 9.53 Å². The van der Waals surface area contributed by atoms with Gasteiger partial charge in [-0.3, -0.25) is 0 Å². The minimum absolute atomic E-state index is 0.286. The molecule has 0 saturated carbocycles. The molecule has 12 heteroatoms. The van der Waals surface area contributed by atoms with Crippen LogP contribution in [-0.2, 0) is 14.3 Å². The quantitative estimate of drug-likeness (QED) is 0.0897. The lowest BCUT2D eigenvalue weighted by Crippen LogP contribution is -2.27. The van der Waals surface area contributed by atoms with Crippen LogP contribution in [0.5, 0.6) is 0 Å². The minimum Gasteiger partial charge on any atom is -0.462 e. The Balaban J connectivity index is 1.33. The van der Waals surface area contributed by atoms with Crippen LogP contribution in [0.2, 0.25) is 0 Å². The summed E-state index contributed by atoms with van der Waals surface area (Å²) in [5.74, 6) is -0.771. The first kappa shape index (κ1) is 28.7. The molecule has 0 N–H and O–H groups in total. The maximum atomic E-state index is 11.9. The molecule has 0 bridgehead atoms. The number of carbonyl (C=O) groups is 2. The van der Waals surface area contributed by atoms with E-state index in [1.165, 1.54) is 22.7 Å². The van der Waals surface area contributed by atoms with Gasteiger partial charge in [0, 0.05) is 18.3 Å². The highest BCUT2D eigenvalue weighted by atomic mass is 32.1. The maximum absolute atomic E-state index is 11.9. The Bertz CT molecular complexity index is 1480. The van der Waals surface area contributed by atoms with E-state index in [0.717, 1.165) is 39.3 Å². The van der Waals surface area contributed by atoms with E-state index in [1.54, 1.807) is 24.3 Å². The van der Waals surface area contributed by atoms with E-state index in [1.807, 2.05) is 44.2 Å². The molecule has 0 fully saturated rings. The van der Waals surface area contributed by atoms with Gasteiger partial charge in [0.05, 0.1) is 34.8 Å². The van der Waals surface area contributed by atoms with Crippen molar-refractivity contribution in [3.8, 4) is 0 Å². The Hall–Kier alpha value is -4.29. The van der Waals surface area contributed by atoms with Crippen molar-refractivity contribution in [2.45, 2.75) is 20.3 Å². The fourth-order valence-electron chi connectivity index (χ4n) is 3.47. The fraction of sp³-hybridized carbons (Fsp3) is 0.250. The second kappa shape index (κ2) is 14.2. The second-order valence-electron chi connectivity index (χ2n) is 8.30. The molecular weight excluding hydrogens is 548 g/mol. The number of aromatic nitrogens is 1. The highest BCUT2D eigenvalue weighted by Gasteiger charge is 2.10. The number of ether oxygens (including phenoxy) is 2. The molecule has 0 aliphatic carbocycles. The third-order valence-electron chi connectivity index (χ3n) is 5.49. The summed E-state index contributed by atoms with van der Waals surface area (Å²) in [6.07, 6.45) is 1.94. The highest BCUT2D eigenvalue weighted by molar-refractivity contribution is 7.30. The molecule has 0 radical (unpaired) electrons. The smallest absolute Gasteiger partial charge is 0.338 e. The zero-order valence-corrected chi connectivity index (χ0v) is 23.8. The van der Waals surface area contributed by atoms with Gasteiger partial charge in [-0.25, -0.2) is 14.6 Å². The molecule has 2 heterocycles. The molecule has 2 aromatic heterocycles. The van der Waals surface area contributed by atoms with E-state index < -0.39 is 5.97 Å². The fourth-order valence-corrected chi connectivity index (χ4v) is 5.32. The average molecular weight is 577 g/mol. The number of carbonyl (C=O) groups excluding carboxylic acids is 2. The van der Waals surface area contributed by atoms with Crippen molar-refractivity contribution >= 4 is 71.3 Å². The second-order valence-corrected chi connectivity index (χ2v) is 10.3. The van der Waals surface area contributed by atoms with E-state index >= 15 is 0 Å². The summed E-state index contributed by atoms with van der Waals surface area (Å²) >= 11 is 2.84. The van der Waals surface area contributed by atoms with Crippen molar-refractivity contribution in [2.75, 3.05) is 31.2 Å². The maximum Gasteiger partial charge on any atom is 0.338 e. The zero-order chi connectivity index (χ0) is 28.3. The number of thiazole rings is 1. The molecular formula is C28H28N6O4S2. The molecule has 4 aromatic rings. The molecule has 10 nitrogen and oxygen atoms in total. The summed E-state index contributed by atoms with van der Waals surface area (Å²) in [4.78, 5) is 30.6. The summed E-state index contributed by atoms with van der Waals surface area (Å²) in [5.41, 5.74) is 2.82. The Kier molecular flexibility index (Phi) is 10.2. The number of hydrogen-bond donors (Lipinski definition) is 0. The monoisotopic (exact) mass is 576 g/mol. The number of fused-ring (bicyclic) bond motifs is 1. The van der Waals surface area contributed by atoms with Crippen LogP contribution in [0.1, 0.15) is 30.6 Å². The van der Waals surface area contributed by atoms with Crippen LogP contribution >= 0.6 is 22.7 Å². The summed E-state index contributed by atoms with van der Waals surface area (Å²) in [6, 6.07) is 16.4. The number of hydrogen-bond acceptors (Lipinski definition) is 12.